The fourth-order valence-electron chi connectivity index (χ4n) is 3.25. The number of hydrogen-bond donors (Lipinski definition) is 3. The zero-order valence-corrected chi connectivity index (χ0v) is 15.1. The van der Waals surface area contributed by atoms with E-state index in [0.29, 0.717) is 36.0 Å². The van der Waals surface area contributed by atoms with Crippen LogP contribution in [0.3, 0.4) is 0 Å². The van der Waals surface area contributed by atoms with E-state index in [4.69, 9.17) is 0 Å². The molecule has 8 heteroatoms. The molecule has 0 spiro atoms. The van der Waals surface area contributed by atoms with Crippen molar-refractivity contribution in [1.29, 1.82) is 0 Å². The minimum Gasteiger partial charge on any atom is -0.366 e. The van der Waals surface area contributed by atoms with Gasteiger partial charge in [0.1, 0.15) is 11.4 Å². The lowest BCUT2D eigenvalue weighted by Gasteiger charge is -2.22. The maximum atomic E-state index is 12.6. The Bertz CT molecular complexity index is 903. The molecule has 4 heterocycles. The molecule has 3 N–H and O–H groups in total. The first-order chi connectivity index (χ1) is 13.3. The number of carbonyl (C=O) groups excluding carboxylic acids is 1. The molecule has 1 aliphatic rings. The van der Waals surface area contributed by atoms with Crippen LogP contribution in [0.1, 0.15) is 28.8 Å². The van der Waals surface area contributed by atoms with Crippen molar-refractivity contribution in [2.75, 3.05) is 25.0 Å². The molecule has 3 aromatic heterocycles. The molecule has 0 aromatic carbocycles. The van der Waals surface area contributed by atoms with Crippen LogP contribution in [0.4, 0.5) is 5.82 Å². The summed E-state index contributed by atoms with van der Waals surface area (Å²) in [6.07, 6.45) is 9.22. The van der Waals surface area contributed by atoms with Crippen LogP contribution < -0.4 is 16.0 Å². The molecule has 0 radical (unpaired) electrons. The Balaban J connectivity index is 1.43. The van der Waals surface area contributed by atoms with Gasteiger partial charge in [-0.05, 0) is 49.5 Å². The molecule has 1 unspecified atom stereocenters. The van der Waals surface area contributed by atoms with Crippen molar-refractivity contribution < 1.29 is 4.79 Å². The third-order valence-corrected chi connectivity index (χ3v) is 4.76. The molecule has 3 aromatic rings. The van der Waals surface area contributed by atoms with Gasteiger partial charge in [0.2, 0.25) is 0 Å². The highest BCUT2D eigenvalue weighted by atomic mass is 16.1. The highest BCUT2D eigenvalue weighted by Crippen LogP contribution is 2.13. The molecule has 0 saturated carbocycles. The van der Waals surface area contributed by atoms with Crippen LogP contribution in [-0.4, -0.2) is 45.1 Å². The van der Waals surface area contributed by atoms with E-state index in [1.807, 2.05) is 24.4 Å². The molecule has 0 bridgehead atoms. The summed E-state index contributed by atoms with van der Waals surface area (Å²) < 4.78 is 1.62. The summed E-state index contributed by atoms with van der Waals surface area (Å²) in [4.78, 5) is 21.3. The van der Waals surface area contributed by atoms with E-state index in [1.54, 1.807) is 23.1 Å². The van der Waals surface area contributed by atoms with Crippen molar-refractivity contribution in [2.45, 2.75) is 19.4 Å². The minimum atomic E-state index is -0.132. The Kier molecular flexibility index (Phi) is 5.24. The van der Waals surface area contributed by atoms with Gasteiger partial charge >= 0.3 is 0 Å². The molecule has 0 aliphatic carbocycles. The molecule has 1 saturated heterocycles. The fraction of sp³-hybridized carbons (Fsp3) is 0.368. The van der Waals surface area contributed by atoms with Gasteiger partial charge in [-0.3, -0.25) is 9.78 Å². The normalized spacial score (nSPS) is 17.0. The number of anilines is 1. The maximum Gasteiger partial charge on any atom is 0.256 e. The van der Waals surface area contributed by atoms with E-state index in [-0.39, 0.29) is 5.91 Å². The lowest BCUT2D eigenvalue weighted by molar-refractivity contribution is 0.0946. The van der Waals surface area contributed by atoms with Gasteiger partial charge in [-0.2, -0.15) is 5.10 Å². The highest BCUT2D eigenvalue weighted by Gasteiger charge is 2.18. The zero-order chi connectivity index (χ0) is 18.5. The molecule has 1 atom stereocenters. The van der Waals surface area contributed by atoms with Crippen molar-refractivity contribution in [3.63, 3.8) is 0 Å². The van der Waals surface area contributed by atoms with Crippen molar-refractivity contribution in [1.82, 2.24) is 30.2 Å². The first-order valence-corrected chi connectivity index (χ1v) is 9.25. The van der Waals surface area contributed by atoms with Gasteiger partial charge in [-0.15, -0.1) is 0 Å². The Labute approximate surface area is 157 Å². The van der Waals surface area contributed by atoms with E-state index in [0.717, 1.165) is 31.5 Å². The van der Waals surface area contributed by atoms with Gasteiger partial charge in [0.15, 0.2) is 5.65 Å². The number of aromatic nitrogens is 4. The fourth-order valence-corrected chi connectivity index (χ4v) is 3.25. The quantitative estimate of drug-likeness (QED) is 0.612. The van der Waals surface area contributed by atoms with Gasteiger partial charge < -0.3 is 16.0 Å². The van der Waals surface area contributed by atoms with Gasteiger partial charge in [-0.1, -0.05) is 6.07 Å². The van der Waals surface area contributed by atoms with E-state index in [1.165, 1.54) is 0 Å². The number of nitrogens with zero attached hydrogens (tertiary/aromatic N) is 4. The summed E-state index contributed by atoms with van der Waals surface area (Å²) in [6, 6.07) is 5.73. The molecular formula is C19H23N7O. The smallest absolute Gasteiger partial charge is 0.256 e. The summed E-state index contributed by atoms with van der Waals surface area (Å²) in [5.74, 6) is 1.04. The van der Waals surface area contributed by atoms with Gasteiger partial charge in [0, 0.05) is 31.7 Å². The third kappa shape index (κ3) is 4.22. The van der Waals surface area contributed by atoms with Crippen LogP contribution in [0.5, 0.6) is 0 Å². The van der Waals surface area contributed by atoms with Gasteiger partial charge in [0.05, 0.1) is 6.20 Å². The second kappa shape index (κ2) is 8.13. The van der Waals surface area contributed by atoms with Crippen LogP contribution in [-0.2, 0) is 6.54 Å². The monoisotopic (exact) mass is 365 g/mol. The summed E-state index contributed by atoms with van der Waals surface area (Å²) in [6.45, 7) is 3.30. The first kappa shape index (κ1) is 17.4. The van der Waals surface area contributed by atoms with Crippen molar-refractivity contribution >= 4 is 17.4 Å². The van der Waals surface area contributed by atoms with Crippen molar-refractivity contribution in [3.8, 4) is 0 Å². The standard InChI is InChI=1S/C19H23N7O/c27-19(23-12-15-4-2-7-21-10-15)16-13-24-26-8-5-17(25-18(16)26)22-11-14-3-1-6-20-9-14/h1,3,5-6,8-9,13,15,21H,2,4,7,10-12H2,(H,22,25)(H,23,27). The van der Waals surface area contributed by atoms with Crippen LogP contribution in [0.25, 0.3) is 5.65 Å². The van der Waals surface area contributed by atoms with Gasteiger partial charge in [-0.25, -0.2) is 9.50 Å². The lowest BCUT2D eigenvalue weighted by atomic mass is 10.00. The van der Waals surface area contributed by atoms with E-state index in [9.17, 15) is 4.79 Å². The zero-order valence-electron chi connectivity index (χ0n) is 15.1. The van der Waals surface area contributed by atoms with Crippen LogP contribution in [0.15, 0.2) is 43.0 Å². The second-order valence-electron chi connectivity index (χ2n) is 6.78. The van der Waals surface area contributed by atoms with Crippen molar-refractivity contribution in [2.24, 2.45) is 5.92 Å². The molecule has 1 fully saturated rings. The average Bonchev–Trinajstić information content (AvgIpc) is 3.15. The van der Waals surface area contributed by atoms with E-state index < -0.39 is 0 Å². The Morgan fingerprint density at radius 2 is 2.30 bits per heavy atom. The lowest BCUT2D eigenvalue weighted by Crippen LogP contribution is -2.38. The SMILES string of the molecule is O=C(NCC1CCCNC1)c1cnn2ccc(NCc3cccnc3)nc12. The summed E-state index contributed by atoms with van der Waals surface area (Å²) >= 11 is 0. The Hall–Kier alpha value is -3.00. The first-order valence-electron chi connectivity index (χ1n) is 9.25. The number of hydrogen-bond acceptors (Lipinski definition) is 6. The van der Waals surface area contributed by atoms with Gasteiger partial charge in [0.25, 0.3) is 5.91 Å². The second-order valence-corrected chi connectivity index (χ2v) is 6.78. The van der Waals surface area contributed by atoms with Crippen molar-refractivity contribution in [3.05, 3.63) is 54.1 Å². The predicted molar refractivity (Wildman–Crippen MR) is 102 cm³/mol. The molecule has 4 rings (SSSR count). The third-order valence-electron chi connectivity index (χ3n) is 4.76. The molecule has 1 aliphatic heterocycles. The largest absolute Gasteiger partial charge is 0.366 e. The molecular weight excluding hydrogens is 342 g/mol. The molecule has 140 valence electrons. The Morgan fingerprint density at radius 1 is 1.33 bits per heavy atom. The van der Waals surface area contributed by atoms with E-state index in [2.05, 4.69) is 31.0 Å². The summed E-state index contributed by atoms with van der Waals surface area (Å²) in [7, 11) is 0. The molecule has 1 amide bonds. The number of amides is 1. The maximum absolute atomic E-state index is 12.6. The number of nitrogens with one attached hydrogen (secondary N) is 3. The summed E-state index contributed by atoms with van der Waals surface area (Å²) in [5, 5.41) is 13.9. The predicted octanol–water partition coefficient (Wildman–Crippen LogP) is 1.47. The number of pyridine rings is 1. The van der Waals surface area contributed by atoms with Crippen LogP contribution >= 0.6 is 0 Å². The molecule has 27 heavy (non-hydrogen) atoms. The number of fused-ring (bicyclic) bond motifs is 1. The average molecular weight is 365 g/mol. The number of carbonyl (C=O) groups is 1. The van der Waals surface area contributed by atoms with E-state index >= 15 is 0 Å². The van der Waals surface area contributed by atoms with Crippen LogP contribution in [0.2, 0.25) is 0 Å². The summed E-state index contributed by atoms with van der Waals surface area (Å²) in [5.41, 5.74) is 2.10. The minimum absolute atomic E-state index is 0.132. The highest BCUT2D eigenvalue weighted by molar-refractivity contribution is 5.99. The van der Waals surface area contributed by atoms with Crippen LogP contribution in [0, 0.1) is 5.92 Å². The Morgan fingerprint density at radius 3 is 3.11 bits per heavy atom. The molecule has 8 nitrogen and oxygen atoms in total. The topological polar surface area (TPSA) is 96.2 Å². The number of rotatable bonds is 6. The number of piperidine rings is 1.